The Bertz CT molecular complexity index is 83.7. The molecule has 0 bridgehead atoms. The fraction of sp³-hybridized carbons (Fsp3) is 1.00. The van der Waals surface area contributed by atoms with Crippen LogP contribution in [0.2, 0.25) is 0 Å². The van der Waals surface area contributed by atoms with E-state index in [1.165, 1.54) is 6.92 Å². The van der Waals surface area contributed by atoms with Crippen LogP contribution in [0.4, 0.5) is 4.39 Å². The third kappa shape index (κ3) is 7.89. The van der Waals surface area contributed by atoms with Gasteiger partial charge >= 0.3 is 0 Å². The monoisotopic (exact) mass is 148 g/mol. The van der Waals surface area contributed by atoms with Crippen LogP contribution in [-0.2, 0) is 4.74 Å². The second-order valence-corrected chi connectivity index (χ2v) is 3.72. The Morgan fingerprint density at radius 2 is 1.90 bits per heavy atom. The largest absolute Gasteiger partial charge is 0.348 e. The van der Waals surface area contributed by atoms with Crippen molar-refractivity contribution in [2.24, 2.45) is 5.41 Å². The van der Waals surface area contributed by atoms with Crippen molar-refractivity contribution in [1.29, 1.82) is 0 Å². The highest BCUT2D eigenvalue weighted by Gasteiger charge is 2.10. The first-order chi connectivity index (χ1) is 4.42. The van der Waals surface area contributed by atoms with Crippen molar-refractivity contribution in [2.45, 2.75) is 40.5 Å². The van der Waals surface area contributed by atoms with E-state index in [4.69, 9.17) is 4.74 Å². The lowest BCUT2D eigenvalue weighted by Gasteiger charge is -2.17. The van der Waals surface area contributed by atoms with E-state index in [9.17, 15) is 4.39 Å². The summed E-state index contributed by atoms with van der Waals surface area (Å²) < 4.78 is 16.8. The Balaban J connectivity index is 3.21. The maximum atomic E-state index is 12.1. The molecular weight excluding hydrogens is 131 g/mol. The number of hydrogen-bond acceptors (Lipinski definition) is 1. The molecule has 1 atom stereocenters. The molecule has 1 unspecified atom stereocenters. The van der Waals surface area contributed by atoms with E-state index in [0.717, 1.165) is 6.42 Å². The second kappa shape index (κ2) is 3.91. The molecule has 62 valence electrons. The van der Waals surface area contributed by atoms with Gasteiger partial charge in [-0.2, -0.15) is 0 Å². The summed E-state index contributed by atoms with van der Waals surface area (Å²) in [6.45, 7) is 8.25. The highest BCUT2D eigenvalue weighted by Crippen LogP contribution is 2.18. The van der Waals surface area contributed by atoms with E-state index in [0.29, 0.717) is 6.61 Å². The standard InChI is InChI=1S/C8H17FO/c1-7(9)10-6-5-8(2,3)4/h7H,5-6H2,1-4H3. The van der Waals surface area contributed by atoms with Gasteiger partial charge in [-0.3, -0.25) is 0 Å². The van der Waals surface area contributed by atoms with Crippen molar-refractivity contribution in [2.75, 3.05) is 6.61 Å². The third-order valence-corrected chi connectivity index (χ3v) is 1.20. The Morgan fingerprint density at radius 3 is 2.20 bits per heavy atom. The van der Waals surface area contributed by atoms with Crippen LogP contribution in [0.5, 0.6) is 0 Å². The number of rotatable bonds is 3. The average Bonchev–Trinajstić information content (AvgIpc) is 1.59. The Labute approximate surface area is 62.6 Å². The SMILES string of the molecule is CC(F)OCCC(C)(C)C. The molecule has 0 rings (SSSR count). The van der Waals surface area contributed by atoms with E-state index in [-0.39, 0.29) is 5.41 Å². The van der Waals surface area contributed by atoms with Gasteiger partial charge in [-0.1, -0.05) is 20.8 Å². The van der Waals surface area contributed by atoms with Crippen molar-refractivity contribution in [3.63, 3.8) is 0 Å². The lowest BCUT2D eigenvalue weighted by Crippen LogP contribution is -2.11. The number of alkyl halides is 1. The predicted octanol–water partition coefficient (Wildman–Crippen LogP) is 2.75. The van der Waals surface area contributed by atoms with Crippen LogP contribution in [0, 0.1) is 5.41 Å². The highest BCUT2D eigenvalue weighted by atomic mass is 19.1. The van der Waals surface area contributed by atoms with Crippen LogP contribution in [0.15, 0.2) is 0 Å². The Kier molecular flexibility index (Phi) is 3.87. The zero-order valence-electron chi connectivity index (χ0n) is 7.28. The lowest BCUT2D eigenvalue weighted by molar-refractivity contribution is -0.0331. The number of halogens is 1. The molecule has 0 aromatic heterocycles. The van der Waals surface area contributed by atoms with Crippen molar-refractivity contribution in [3.05, 3.63) is 0 Å². The zero-order chi connectivity index (χ0) is 8.20. The summed E-state index contributed by atoms with van der Waals surface area (Å²) >= 11 is 0. The van der Waals surface area contributed by atoms with Gasteiger partial charge < -0.3 is 4.74 Å². The van der Waals surface area contributed by atoms with Crippen molar-refractivity contribution >= 4 is 0 Å². The normalized spacial score (nSPS) is 15.3. The van der Waals surface area contributed by atoms with E-state index in [1.807, 2.05) is 0 Å². The first kappa shape index (κ1) is 9.89. The molecule has 0 saturated carbocycles. The van der Waals surface area contributed by atoms with E-state index >= 15 is 0 Å². The maximum Gasteiger partial charge on any atom is 0.195 e. The zero-order valence-corrected chi connectivity index (χ0v) is 7.28. The molecule has 0 saturated heterocycles. The summed E-state index contributed by atoms with van der Waals surface area (Å²) in [4.78, 5) is 0. The first-order valence-corrected chi connectivity index (χ1v) is 3.67. The fourth-order valence-electron chi connectivity index (χ4n) is 0.528. The molecule has 0 aromatic rings. The summed E-state index contributed by atoms with van der Waals surface area (Å²) in [5.41, 5.74) is 0.245. The van der Waals surface area contributed by atoms with E-state index in [2.05, 4.69) is 20.8 Å². The van der Waals surface area contributed by atoms with Crippen molar-refractivity contribution in [3.8, 4) is 0 Å². The van der Waals surface area contributed by atoms with Crippen molar-refractivity contribution < 1.29 is 9.13 Å². The van der Waals surface area contributed by atoms with Crippen molar-refractivity contribution in [1.82, 2.24) is 0 Å². The molecule has 0 aromatic carbocycles. The molecule has 0 aliphatic carbocycles. The van der Waals surface area contributed by atoms with E-state index in [1.54, 1.807) is 0 Å². The molecule has 0 heterocycles. The first-order valence-electron chi connectivity index (χ1n) is 3.67. The predicted molar refractivity (Wildman–Crippen MR) is 40.6 cm³/mol. The smallest absolute Gasteiger partial charge is 0.195 e. The number of hydrogen-bond donors (Lipinski definition) is 0. The molecular formula is C8H17FO. The summed E-state index contributed by atoms with van der Waals surface area (Å²) in [5, 5.41) is 0. The van der Waals surface area contributed by atoms with Gasteiger partial charge in [0.05, 0.1) is 6.61 Å². The molecule has 0 N–H and O–H groups in total. The van der Waals surface area contributed by atoms with Crippen LogP contribution >= 0.6 is 0 Å². The summed E-state index contributed by atoms with van der Waals surface area (Å²) in [5.74, 6) is 0. The molecule has 10 heavy (non-hydrogen) atoms. The summed E-state index contributed by atoms with van der Waals surface area (Å²) in [6.07, 6.45) is -0.219. The minimum absolute atomic E-state index is 0.245. The molecule has 0 aliphatic heterocycles. The molecule has 0 spiro atoms. The van der Waals surface area contributed by atoms with Crippen LogP contribution < -0.4 is 0 Å². The van der Waals surface area contributed by atoms with Crippen LogP contribution in [-0.4, -0.2) is 13.0 Å². The van der Waals surface area contributed by atoms with Gasteiger partial charge in [-0.25, -0.2) is 4.39 Å². The maximum absolute atomic E-state index is 12.1. The van der Waals surface area contributed by atoms with E-state index < -0.39 is 6.36 Å². The molecule has 0 amide bonds. The average molecular weight is 148 g/mol. The van der Waals surface area contributed by atoms with Crippen LogP contribution in [0.3, 0.4) is 0 Å². The molecule has 0 radical (unpaired) electrons. The van der Waals surface area contributed by atoms with Crippen LogP contribution in [0.1, 0.15) is 34.1 Å². The Hall–Kier alpha value is -0.110. The molecule has 2 heteroatoms. The molecule has 0 aliphatic rings. The van der Waals surface area contributed by atoms with Gasteiger partial charge in [0.1, 0.15) is 0 Å². The molecule has 0 fully saturated rings. The summed E-state index contributed by atoms with van der Waals surface area (Å²) in [6, 6.07) is 0. The molecule has 1 nitrogen and oxygen atoms in total. The minimum Gasteiger partial charge on any atom is -0.348 e. The second-order valence-electron chi connectivity index (χ2n) is 3.72. The highest BCUT2D eigenvalue weighted by molar-refractivity contribution is 4.59. The number of ether oxygens (including phenoxy) is 1. The topological polar surface area (TPSA) is 9.23 Å². The van der Waals surface area contributed by atoms with Gasteiger partial charge in [-0.15, -0.1) is 0 Å². The minimum atomic E-state index is -1.12. The summed E-state index contributed by atoms with van der Waals surface area (Å²) in [7, 11) is 0. The van der Waals surface area contributed by atoms with Crippen LogP contribution in [0.25, 0.3) is 0 Å². The van der Waals surface area contributed by atoms with Gasteiger partial charge in [0, 0.05) is 0 Å². The Morgan fingerprint density at radius 1 is 1.40 bits per heavy atom. The quantitative estimate of drug-likeness (QED) is 0.598. The van der Waals surface area contributed by atoms with Gasteiger partial charge in [0.2, 0.25) is 0 Å². The third-order valence-electron chi connectivity index (χ3n) is 1.20. The van der Waals surface area contributed by atoms with Gasteiger partial charge in [0.15, 0.2) is 6.36 Å². The van der Waals surface area contributed by atoms with Gasteiger partial charge in [-0.05, 0) is 18.8 Å². The van der Waals surface area contributed by atoms with Gasteiger partial charge in [0.25, 0.3) is 0 Å². The fourth-order valence-corrected chi connectivity index (χ4v) is 0.528. The lowest BCUT2D eigenvalue weighted by atomic mass is 9.93.